The molecule has 0 saturated heterocycles. The maximum Gasteiger partial charge on any atom is 0.124 e. The van der Waals surface area contributed by atoms with Crippen LogP contribution in [0.5, 0.6) is 5.75 Å². The lowest BCUT2D eigenvalue weighted by Crippen LogP contribution is -2.24. The van der Waals surface area contributed by atoms with E-state index >= 15 is 0 Å². The van der Waals surface area contributed by atoms with Crippen molar-refractivity contribution in [2.45, 2.75) is 20.3 Å². The largest absolute Gasteiger partial charge is 0.507 e. The normalized spacial score (nSPS) is 11.5. The van der Waals surface area contributed by atoms with Crippen LogP contribution in [0.4, 0.5) is 0 Å². The number of aromatic hydroxyl groups is 1. The van der Waals surface area contributed by atoms with Crippen LogP contribution < -0.4 is 0 Å². The molecule has 0 aromatic heterocycles. The lowest BCUT2D eigenvalue weighted by atomic mass is 10.2. The van der Waals surface area contributed by atoms with Crippen LogP contribution in [0.25, 0.3) is 0 Å². The molecule has 0 aliphatic rings. The molecule has 0 saturated carbocycles. The van der Waals surface area contributed by atoms with Crippen molar-refractivity contribution in [2.75, 3.05) is 26.2 Å². The third kappa shape index (κ3) is 5.00. The minimum atomic E-state index is 0.292. The van der Waals surface area contributed by atoms with Crippen molar-refractivity contribution in [1.82, 2.24) is 4.90 Å². The highest BCUT2D eigenvalue weighted by Crippen LogP contribution is 2.12. The predicted octanol–water partition coefficient (Wildman–Crippen LogP) is 2.54. The van der Waals surface area contributed by atoms with E-state index in [1.165, 1.54) is 0 Å². The van der Waals surface area contributed by atoms with E-state index in [0.717, 1.165) is 38.2 Å². The average Bonchev–Trinajstić information content (AvgIpc) is 2.36. The fourth-order valence-corrected chi connectivity index (χ4v) is 1.69. The van der Waals surface area contributed by atoms with Crippen LogP contribution in [0, 0.1) is 0 Å². The van der Waals surface area contributed by atoms with Crippen molar-refractivity contribution < 1.29 is 5.11 Å². The molecule has 3 heteroatoms. The van der Waals surface area contributed by atoms with Gasteiger partial charge in [-0.2, -0.15) is 0 Å². The summed E-state index contributed by atoms with van der Waals surface area (Å²) in [6.07, 6.45) is 2.81. The van der Waals surface area contributed by atoms with Crippen LogP contribution in [-0.4, -0.2) is 42.4 Å². The highest BCUT2D eigenvalue weighted by atomic mass is 16.3. The van der Waals surface area contributed by atoms with Crippen LogP contribution in [0.1, 0.15) is 25.8 Å². The van der Waals surface area contributed by atoms with E-state index in [-0.39, 0.29) is 0 Å². The van der Waals surface area contributed by atoms with Gasteiger partial charge in [-0.1, -0.05) is 26.0 Å². The summed E-state index contributed by atoms with van der Waals surface area (Å²) in [7, 11) is 0. The van der Waals surface area contributed by atoms with Gasteiger partial charge in [0.1, 0.15) is 5.75 Å². The summed E-state index contributed by atoms with van der Waals surface area (Å²) in [5, 5.41) is 9.53. The monoisotopic (exact) mass is 234 g/mol. The molecule has 0 fully saturated rings. The van der Waals surface area contributed by atoms with Gasteiger partial charge < -0.3 is 10.0 Å². The molecule has 0 unspecified atom stereocenters. The molecule has 1 rings (SSSR count). The van der Waals surface area contributed by atoms with Crippen molar-refractivity contribution in [3.8, 4) is 5.75 Å². The number of nitrogens with zero attached hydrogens (tertiary/aromatic N) is 2. The topological polar surface area (TPSA) is 35.8 Å². The quantitative estimate of drug-likeness (QED) is 0.581. The molecule has 0 aliphatic heterocycles. The van der Waals surface area contributed by atoms with Gasteiger partial charge >= 0.3 is 0 Å². The predicted molar refractivity (Wildman–Crippen MR) is 73.0 cm³/mol. The van der Waals surface area contributed by atoms with Crippen molar-refractivity contribution in [2.24, 2.45) is 4.99 Å². The van der Waals surface area contributed by atoms with Gasteiger partial charge in [0.15, 0.2) is 0 Å². The summed E-state index contributed by atoms with van der Waals surface area (Å²) in [5.41, 5.74) is 0.787. The van der Waals surface area contributed by atoms with E-state index in [1.807, 2.05) is 18.2 Å². The molecule has 1 aromatic carbocycles. The Kier molecular flexibility index (Phi) is 6.33. The van der Waals surface area contributed by atoms with E-state index in [9.17, 15) is 5.11 Å². The van der Waals surface area contributed by atoms with Gasteiger partial charge in [-0.3, -0.25) is 4.99 Å². The number of rotatable bonds is 7. The standard InChI is InChI=1S/C14H22N2O/c1-3-16(4-2)11-7-10-15-12-13-8-5-6-9-14(13)17/h5-6,8-9,12,17H,3-4,7,10-11H2,1-2H3/b15-12+. The molecule has 0 amide bonds. The maximum absolute atomic E-state index is 9.53. The van der Waals surface area contributed by atoms with E-state index < -0.39 is 0 Å². The minimum absolute atomic E-state index is 0.292. The Labute approximate surface area is 104 Å². The molecular weight excluding hydrogens is 212 g/mol. The second-order valence-corrected chi connectivity index (χ2v) is 3.97. The van der Waals surface area contributed by atoms with Gasteiger partial charge in [0.2, 0.25) is 0 Å². The van der Waals surface area contributed by atoms with Crippen LogP contribution in [0.2, 0.25) is 0 Å². The average molecular weight is 234 g/mol. The molecule has 0 aliphatic carbocycles. The highest BCUT2D eigenvalue weighted by Gasteiger charge is 1.97. The lowest BCUT2D eigenvalue weighted by Gasteiger charge is -2.16. The molecule has 94 valence electrons. The number of phenolic OH excluding ortho intramolecular Hbond substituents is 1. The molecule has 1 N–H and O–H groups in total. The summed E-state index contributed by atoms with van der Waals surface area (Å²) in [6.45, 7) is 8.44. The molecular formula is C14H22N2O. The Morgan fingerprint density at radius 1 is 1.24 bits per heavy atom. The summed E-state index contributed by atoms with van der Waals surface area (Å²) in [4.78, 5) is 6.72. The highest BCUT2D eigenvalue weighted by molar-refractivity contribution is 5.83. The third-order valence-corrected chi connectivity index (χ3v) is 2.82. The first-order chi connectivity index (χ1) is 8.27. The Morgan fingerprint density at radius 3 is 2.59 bits per heavy atom. The van der Waals surface area contributed by atoms with Crippen molar-refractivity contribution >= 4 is 6.21 Å². The van der Waals surface area contributed by atoms with Gasteiger partial charge in [0.05, 0.1) is 0 Å². The van der Waals surface area contributed by atoms with Crippen molar-refractivity contribution in [1.29, 1.82) is 0 Å². The first kappa shape index (κ1) is 13.7. The molecule has 0 heterocycles. The minimum Gasteiger partial charge on any atom is -0.507 e. The van der Waals surface area contributed by atoms with Gasteiger partial charge in [0, 0.05) is 18.3 Å². The summed E-state index contributed by atoms with van der Waals surface area (Å²) in [5.74, 6) is 0.292. The zero-order valence-electron chi connectivity index (χ0n) is 10.8. The smallest absolute Gasteiger partial charge is 0.124 e. The van der Waals surface area contributed by atoms with Crippen molar-refractivity contribution in [3.05, 3.63) is 29.8 Å². The molecule has 3 nitrogen and oxygen atoms in total. The number of para-hydroxylation sites is 1. The fraction of sp³-hybridized carbons (Fsp3) is 0.500. The molecule has 1 aromatic rings. The first-order valence-electron chi connectivity index (χ1n) is 6.28. The lowest BCUT2D eigenvalue weighted by molar-refractivity contribution is 0.302. The van der Waals surface area contributed by atoms with Crippen LogP contribution in [0.15, 0.2) is 29.3 Å². The molecule has 0 bridgehead atoms. The first-order valence-corrected chi connectivity index (χ1v) is 6.28. The number of benzene rings is 1. The summed E-state index contributed by atoms with van der Waals surface area (Å²) >= 11 is 0. The fourth-order valence-electron chi connectivity index (χ4n) is 1.69. The SMILES string of the molecule is CCN(CC)CCC/N=C/c1ccccc1O. The van der Waals surface area contributed by atoms with Gasteiger partial charge in [-0.05, 0) is 38.2 Å². The van der Waals surface area contributed by atoms with Crippen LogP contribution >= 0.6 is 0 Å². The summed E-state index contributed by atoms with van der Waals surface area (Å²) < 4.78 is 0. The van der Waals surface area contributed by atoms with Gasteiger partial charge in [0.25, 0.3) is 0 Å². The number of hydrogen-bond donors (Lipinski definition) is 1. The summed E-state index contributed by atoms with van der Waals surface area (Å²) in [6, 6.07) is 7.25. The van der Waals surface area contributed by atoms with E-state index in [1.54, 1.807) is 12.3 Å². The van der Waals surface area contributed by atoms with Gasteiger partial charge in [-0.25, -0.2) is 0 Å². The molecule has 0 radical (unpaired) electrons. The second kappa shape index (κ2) is 7.85. The third-order valence-electron chi connectivity index (χ3n) is 2.82. The van der Waals surface area contributed by atoms with Crippen LogP contribution in [0.3, 0.4) is 0 Å². The Balaban J connectivity index is 2.29. The number of aliphatic imine (C=N–C) groups is 1. The van der Waals surface area contributed by atoms with E-state index in [4.69, 9.17) is 0 Å². The zero-order chi connectivity index (χ0) is 12.5. The van der Waals surface area contributed by atoms with Crippen LogP contribution in [-0.2, 0) is 0 Å². The van der Waals surface area contributed by atoms with E-state index in [0.29, 0.717) is 5.75 Å². The Hall–Kier alpha value is -1.35. The van der Waals surface area contributed by atoms with Gasteiger partial charge in [-0.15, -0.1) is 0 Å². The second-order valence-electron chi connectivity index (χ2n) is 3.97. The molecule has 17 heavy (non-hydrogen) atoms. The molecule has 0 spiro atoms. The number of hydrogen-bond acceptors (Lipinski definition) is 3. The van der Waals surface area contributed by atoms with Crippen molar-refractivity contribution in [3.63, 3.8) is 0 Å². The Morgan fingerprint density at radius 2 is 1.94 bits per heavy atom. The molecule has 0 atom stereocenters. The Bertz CT molecular complexity index is 346. The zero-order valence-corrected chi connectivity index (χ0v) is 10.8. The number of phenols is 1. The van der Waals surface area contributed by atoms with E-state index in [2.05, 4.69) is 23.7 Å². The maximum atomic E-state index is 9.53.